The highest BCUT2D eigenvalue weighted by Crippen LogP contribution is 2.15. The summed E-state index contributed by atoms with van der Waals surface area (Å²) in [7, 11) is 0. The van der Waals surface area contributed by atoms with Crippen LogP contribution in [0.25, 0.3) is 0 Å². The van der Waals surface area contributed by atoms with Gasteiger partial charge in [0.1, 0.15) is 5.60 Å². The average Bonchev–Trinajstić information content (AvgIpc) is 2.34. The van der Waals surface area contributed by atoms with Gasteiger partial charge in [0, 0.05) is 17.2 Å². The molecule has 0 spiro atoms. The lowest BCUT2D eigenvalue weighted by molar-refractivity contribution is 0.0223. The number of pyridine rings is 1. The molecule has 0 aromatic carbocycles. The summed E-state index contributed by atoms with van der Waals surface area (Å²) in [5, 5.41) is 0. The number of amides is 1. The Kier molecular flexibility index (Phi) is 6.65. The van der Waals surface area contributed by atoms with Gasteiger partial charge in [0.25, 0.3) is 0 Å². The first-order valence-corrected chi connectivity index (χ1v) is 8.05. The van der Waals surface area contributed by atoms with Crippen molar-refractivity contribution < 1.29 is 9.53 Å². The molecule has 0 aliphatic carbocycles. The van der Waals surface area contributed by atoms with Crippen LogP contribution in [0.15, 0.2) is 22.8 Å². The summed E-state index contributed by atoms with van der Waals surface area (Å²) in [4.78, 5) is 18.4. The number of aromatic nitrogens is 1. The molecular formula is C16H25BrN2O2. The standard InChI is InChI=1S/C16H25BrN2O2/c1-12(2)8-9-19(15(20)21-16(3,4)5)11-14-7-6-13(17)10-18-14/h6-7,10,12H,8-9,11H2,1-5H3. The van der Waals surface area contributed by atoms with Gasteiger partial charge >= 0.3 is 6.09 Å². The molecule has 0 aliphatic rings. The van der Waals surface area contributed by atoms with Crippen LogP contribution in [0.1, 0.15) is 46.7 Å². The molecule has 0 unspecified atom stereocenters. The maximum absolute atomic E-state index is 12.3. The van der Waals surface area contributed by atoms with Crippen molar-refractivity contribution >= 4 is 22.0 Å². The van der Waals surface area contributed by atoms with Crippen molar-refractivity contribution in [2.75, 3.05) is 6.54 Å². The van der Waals surface area contributed by atoms with Crippen molar-refractivity contribution in [1.82, 2.24) is 9.88 Å². The van der Waals surface area contributed by atoms with E-state index in [-0.39, 0.29) is 6.09 Å². The Hall–Kier alpha value is -1.10. The average molecular weight is 357 g/mol. The summed E-state index contributed by atoms with van der Waals surface area (Å²) in [5.74, 6) is 0.535. The van der Waals surface area contributed by atoms with Crippen LogP contribution in [0.4, 0.5) is 4.79 Å². The lowest BCUT2D eigenvalue weighted by atomic mass is 10.1. The second-order valence-electron chi connectivity index (χ2n) is 6.55. The van der Waals surface area contributed by atoms with E-state index in [1.807, 2.05) is 32.9 Å². The molecule has 1 amide bonds. The van der Waals surface area contributed by atoms with Crippen LogP contribution in [0, 0.1) is 5.92 Å². The van der Waals surface area contributed by atoms with Gasteiger partial charge in [-0.05, 0) is 61.2 Å². The van der Waals surface area contributed by atoms with Crippen molar-refractivity contribution in [3.05, 3.63) is 28.5 Å². The number of carbonyl (C=O) groups excluding carboxylic acids is 1. The summed E-state index contributed by atoms with van der Waals surface area (Å²) >= 11 is 3.36. The zero-order valence-electron chi connectivity index (χ0n) is 13.5. The van der Waals surface area contributed by atoms with E-state index in [4.69, 9.17) is 4.74 Å². The number of ether oxygens (including phenoxy) is 1. The van der Waals surface area contributed by atoms with E-state index in [2.05, 4.69) is 34.8 Å². The Labute approximate surface area is 136 Å². The van der Waals surface area contributed by atoms with E-state index in [0.717, 1.165) is 16.6 Å². The van der Waals surface area contributed by atoms with Gasteiger partial charge in [-0.25, -0.2) is 4.79 Å². The maximum Gasteiger partial charge on any atom is 0.410 e. The Balaban J connectivity index is 2.76. The number of nitrogens with zero attached hydrogens (tertiary/aromatic N) is 2. The Bertz CT molecular complexity index is 452. The first-order valence-electron chi connectivity index (χ1n) is 7.26. The van der Waals surface area contributed by atoms with Crippen molar-refractivity contribution in [2.24, 2.45) is 5.92 Å². The predicted molar refractivity (Wildman–Crippen MR) is 88.0 cm³/mol. The van der Waals surface area contributed by atoms with E-state index in [1.165, 1.54) is 0 Å². The first kappa shape index (κ1) is 18.0. The van der Waals surface area contributed by atoms with Gasteiger partial charge in [-0.2, -0.15) is 0 Å². The quantitative estimate of drug-likeness (QED) is 0.772. The Morgan fingerprint density at radius 3 is 2.52 bits per heavy atom. The lowest BCUT2D eigenvalue weighted by Crippen LogP contribution is -2.37. The van der Waals surface area contributed by atoms with Crippen LogP contribution < -0.4 is 0 Å². The van der Waals surface area contributed by atoms with Gasteiger partial charge < -0.3 is 9.64 Å². The minimum atomic E-state index is -0.486. The second-order valence-corrected chi connectivity index (χ2v) is 7.47. The molecule has 0 atom stereocenters. The number of hydrogen-bond donors (Lipinski definition) is 0. The van der Waals surface area contributed by atoms with E-state index >= 15 is 0 Å². The lowest BCUT2D eigenvalue weighted by Gasteiger charge is -2.27. The molecule has 1 heterocycles. The monoisotopic (exact) mass is 356 g/mol. The van der Waals surface area contributed by atoms with Crippen LogP contribution in [-0.4, -0.2) is 28.1 Å². The summed E-state index contributed by atoms with van der Waals surface area (Å²) < 4.78 is 6.41. The molecule has 4 nitrogen and oxygen atoms in total. The van der Waals surface area contributed by atoms with E-state index < -0.39 is 5.60 Å². The minimum absolute atomic E-state index is 0.284. The van der Waals surface area contributed by atoms with Crippen LogP contribution in [0.5, 0.6) is 0 Å². The molecular weight excluding hydrogens is 332 g/mol. The van der Waals surface area contributed by atoms with Gasteiger partial charge in [-0.1, -0.05) is 13.8 Å². The fraction of sp³-hybridized carbons (Fsp3) is 0.625. The largest absolute Gasteiger partial charge is 0.444 e. The van der Waals surface area contributed by atoms with E-state index in [9.17, 15) is 4.79 Å². The SMILES string of the molecule is CC(C)CCN(Cc1ccc(Br)cn1)C(=O)OC(C)(C)C. The Morgan fingerprint density at radius 2 is 2.05 bits per heavy atom. The number of carbonyl (C=O) groups is 1. The summed E-state index contributed by atoms with van der Waals surface area (Å²) in [5.41, 5.74) is 0.369. The summed E-state index contributed by atoms with van der Waals surface area (Å²) in [6, 6.07) is 3.84. The fourth-order valence-electron chi connectivity index (χ4n) is 1.67. The maximum atomic E-state index is 12.3. The zero-order chi connectivity index (χ0) is 16.0. The first-order chi connectivity index (χ1) is 9.67. The van der Waals surface area contributed by atoms with Gasteiger partial charge in [-0.15, -0.1) is 0 Å². The van der Waals surface area contributed by atoms with Gasteiger partial charge in [0.15, 0.2) is 0 Å². The molecule has 5 heteroatoms. The molecule has 1 aromatic heterocycles. The normalized spacial score (nSPS) is 11.6. The van der Waals surface area contributed by atoms with Crippen molar-refractivity contribution in [1.29, 1.82) is 0 Å². The molecule has 0 radical (unpaired) electrons. The fourth-order valence-corrected chi connectivity index (χ4v) is 1.91. The van der Waals surface area contributed by atoms with Crippen molar-refractivity contribution in [2.45, 2.75) is 53.2 Å². The van der Waals surface area contributed by atoms with E-state index in [0.29, 0.717) is 19.0 Å². The van der Waals surface area contributed by atoms with Crippen molar-refractivity contribution in [3.63, 3.8) is 0 Å². The van der Waals surface area contributed by atoms with Gasteiger partial charge in [0.05, 0.1) is 12.2 Å². The smallest absolute Gasteiger partial charge is 0.410 e. The van der Waals surface area contributed by atoms with E-state index in [1.54, 1.807) is 11.1 Å². The highest BCUT2D eigenvalue weighted by Gasteiger charge is 2.22. The minimum Gasteiger partial charge on any atom is -0.444 e. The highest BCUT2D eigenvalue weighted by atomic mass is 79.9. The molecule has 1 rings (SSSR count). The summed E-state index contributed by atoms with van der Waals surface area (Å²) in [6.07, 6.45) is 2.40. The molecule has 0 aliphatic heterocycles. The van der Waals surface area contributed by atoms with Crippen molar-refractivity contribution in [3.8, 4) is 0 Å². The number of hydrogen-bond acceptors (Lipinski definition) is 3. The molecule has 0 saturated carbocycles. The zero-order valence-corrected chi connectivity index (χ0v) is 15.1. The van der Waals surface area contributed by atoms with Crippen LogP contribution in [0.2, 0.25) is 0 Å². The predicted octanol–water partition coefficient (Wildman–Crippen LogP) is 4.63. The third-order valence-electron chi connectivity index (χ3n) is 2.77. The topological polar surface area (TPSA) is 42.4 Å². The third-order valence-corrected chi connectivity index (χ3v) is 3.24. The molecule has 0 saturated heterocycles. The van der Waals surface area contributed by atoms with Crippen LogP contribution in [0.3, 0.4) is 0 Å². The third kappa shape index (κ3) is 7.46. The summed E-state index contributed by atoms with van der Waals surface area (Å²) in [6.45, 7) is 11.1. The van der Waals surface area contributed by atoms with Gasteiger partial charge in [-0.3, -0.25) is 4.98 Å². The van der Waals surface area contributed by atoms with Gasteiger partial charge in [0.2, 0.25) is 0 Å². The molecule has 0 fully saturated rings. The van der Waals surface area contributed by atoms with Crippen LogP contribution >= 0.6 is 15.9 Å². The number of rotatable bonds is 5. The molecule has 0 N–H and O–H groups in total. The Morgan fingerprint density at radius 1 is 1.38 bits per heavy atom. The molecule has 0 bridgehead atoms. The second kappa shape index (κ2) is 7.78. The number of halogens is 1. The molecule has 1 aromatic rings. The highest BCUT2D eigenvalue weighted by molar-refractivity contribution is 9.10. The van der Waals surface area contributed by atoms with Crippen LogP contribution in [-0.2, 0) is 11.3 Å². The molecule has 118 valence electrons. The molecule has 21 heavy (non-hydrogen) atoms.